The van der Waals surface area contributed by atoms with Crippen LogP contribution in [0.25, 0.3) is 0 Å². The van der Waals surface area contributed by atoms with Crippen molar-refractivity contribution >= 4 is 39.6 Å². The van der Waals surface area contributed by atoms with Gasteiger partial charge in [0.1, 0.15) is 0 Å². The normalized spacial score (nSPS) is 22.1. The van der Waals surface area contributed by atoms with Gasteiger partial charge in [0.2, 0.25) is 0 Å². The van der Waals surface area contributed by atoms with E-state index in [0.29, 0.717) is 12.8 Å². The van der Waals surface area contributed by atoms with Crippen molar-refractivity contribution in [2.75, 3.05) is 11.6 Å². The first kappa shape index (κ1) is 14.7. The molecule has 0 amide bonds. The molecule has 1 aromatic carbocycles. The van der Waals surface area contributed by atoms with Crippen LogP contribution in [0.15, 0.2) is 33.8 Å². The zero-order valence-corrected chi connectivity index (χ0v) is 12.6. The molecular weight excluding hydrogens is 324 g/mol. The largest absolute Gasteiger partial charge is 0.480 e. The summed E-state index contributed by atoms with van der Waals surface area (Å²) in [6.07, 6.45) is 2.05. The fraction of sp³-hybridized carbons (Fsp3) is 0.357. The fourth-order valence-electron chi connectivity index (χ4n) is 2.32. The predicted octanol–water partition coefficient (Wildman–Crippen LogP) is 2.70. The van der Waals surface area contributed by atoms with Gasteiger partial charge >= 0.3 is 5.97 Å². The van der Waals surface area contributed by atoms with E-state index in [4.69, 9.17) is 0 Å². The van der Waals surface area contributed by atoms with Gasteiger partial charge < -0.3 is 5.11 Å². The average molecular weight is 339 g/mol. The highest BCUT2D eigenvalue weighted by Crippen LogP contribution is 2.32. The van der Waals surface area contributed by atoms with Gasteiger partial charge in [-0.25, -0.2) is 0 Å². The van der Waals surface area contributed by atoms with E-state index in [1.807, 2.05) is 31.2 Å². The van der Waals surface area contributed by atoms with Crippen LogP contribution in [0, 0.1) is 5.41 Å². The van der Waals surface area contributed by atoms with Crippen LogP contribution < -0.4 is 5.01 Å². The summed E-state index contributed by atoms with van der Waals surface area (Å²) in [5.41, 5.74) is -0.649. The summed E-state index contributed by atoms with van der Waals surface area (Å²) < 4.78 is 0.874. The smallest absolute Gasteiger partial charge is 0.319 e. The van der Waals surface area contributed by atoms with Crippen molar-refractivity contribution in [3.8, 4) is 0 Å². The number of ketones is 1. The third kappa shape index (κ3) is 2.60. The molecule has 0 radical (unpaired) electrons. The molecule has 1 unspecified atom stereocenters. The van der Waals surface area contributed by atoms with Crippen molar-refractivity contribution in [3.63, 3.8) is 0 Å². The van der Waals surface area contributed by atoms with Crippen LogP contribution >= 0.6 is 15.9 Å². The molecule has 0 aliphatic carbocycles. The van der Waals surface area contributed by atoms with Crippen molar-refractivity contribution in [1.29, 1.82) is 0 Å². The summed E-state index contributed by atoms with van der Waals surface area (Å²) in [5, 5.41) is 15.1. The van der Waals surface area contributed by atoms with E-state index in [1.165, 1.54) is 0 Å². The van der Waals surface area contributed by atoms with Crippen molar-refractivity contribution in [1.82, 2.24) is 0 Å². The van der Waals surface area contributed by atoms with E-state index >= 15 is 0 Å². The minimum atomic E-state index is -1.40. The van der Waals surface area contributed by atoms with E-state index in [-0.39, 0.29) is 6.54 Å². The third-order valence-corrected chi connectivity index (χ3v) is 3.89. The maximum absolute atomic E-state index is 12.0. The highest BCUT2D eigenvalue weighted by atomic mass is 79.9. The van der Waals surface area contributed by atoms with Gasteiger partial charge in [-0.2, -0.15) is 5.10 Å². The number of carboxylic acids is 1. The zero-order chi connectivity index (χ0) is 14.8. The maximum atomic E-state index is 12.0. The molecule has 106 valence electrons. The van der Waals surface area contributed by atoms with Crippen LogP contribution in [0.4, 0.5) is 5.69 Å². The lowest BCUT2D eigenvalue weighted by Gasteiger charge is -2.34. The number of nitrogens with zero attached hydrogens (tertiary/aromatic N) is 2. The summed E-state index contributed by atoms with van der Waals surface area (Å²) in [6, 6.07) is 7.38. The molecule has 0 fully saturated rings. The Labute approximate surface area is 125 Å². The van der Waals surface area contributed by atoms with Crippen molar-refractivity contribution in [3.05, 3.63) is 28.7 Å². The van der Waals surface area contributed by atoms with Gasteiger partial charge in [0.05, 0.1) is 18.4 Å². The van der Waals surface area contributed by atoms with Gasteiger partial charge in [-0.05, 0) is 24.6 Å². The second-order valence-corrected chi connectivity index (χ2v) is 5.70. The van der Waals surface area contributed by atoms with Crippen molar-refractivity contribution < 1.29 is 14.7 Å². The molecule has 0 saturated carbocycles. The average Bonchev–Trinajstić information content (AvgIpc) is 2.41. The van der Waals surface area contributed by atoms with Gasteiger partial charge in [0, 0.05) is 4.47 Å². The number of carbonyl (C=O) groups is 2. The number of benzene rings is 1. The second kappa shape index (κ2) is 5.75. The topological polar surface area (TPSA) is 70.0 Å². The lowest BCUT2D eigenvalue weighted by molar-refractivity contribution is -0.152. The number of hydrazone groups is 1. The van der Waals surface area contributed by atoms with E-state index in [1.54, 1.807) is 5.01 Å². The van der Waals surface area contributed by atoms with E-state index in [9.17, 15) is 14.7 Å². The van der Waals surface area contributed by atoms with Crippen LogP contribution in [0.2, 0.25) is 0 Å². The van der Waals surface area contributed by atoms with Crippen molar-refractivity contribution in [2.45, 2.75) is 19.8 Å². The molecule has 20 heavy (non-hydrogen) atoms. The first-order valence-electron chi connectivity index (χ1n) is 6.34. The number of carbonyl (C=O) groups excluding carboxylic acids is 1. The predicted molar refractivity (Wildman–Crippen MR) is 80.0 cm³/mol. The molecule has 1 N–H and O–H groups in total. The van der Waals surface area contributed by atoms with Crippen LogP contribution in [0.5, 0.6) is 0 Å². The monoisotopic (exact) mass is 338 g/mol. The first-order chi connectivity index (χ1) is 9.49. The molecule has 1 atom stereocenters. The Balaban J connectivity index is 2.38. The Kier molecular flexibility index (Phi) is 4.23. The number of rotatable bonds is 4. The van der Waals surface area contributed by atoms with Crippen LogP contribution in [-0.2, 0) is 9.59 Å². The molecular formula is C14H15BrN2O3. The van der Waals surface area contributed by atoms with E-state index < -0.39 is 17.2 Å². The fourth-order valence-corrected chi connectivity index (χ4v) is 2.71. The molecule has 0 spiro atoms. The summed E-state index contributed by atoms with van der Waals surface area (Å²) in [6.45, 7) is 1.93. The third-order valence-electron chi connectivity index (χ3n) is 3.40. The first-order valence-corrected chi connectivity index (χ1v) is 7.14. The minimum Gasteiger partial charge on any atom is -0.480 e. The van der Waals surface area contributed by atoms with Gasteiger partial charge in [-0.1, -0.05) is 35.3 Å². The molecule has 2 rings (SSSR count). The lowest BCUT2D eigenvalue weighted by Crippen LogP contribution is -2.51. The van der Waals surface area contributed by atoms with Crippen molar-refractivity contribution in [2.24, 2.45) is 10.5 Å². The van der Waals surface area contributed by atoms with Gasteiger partial charge in [0.25, 0.3) is 0 Å². The molecule has 0 bridgehead atoms. The SMILES string of the molecule is CCCC1(C(=O)O)CN(c2cccc(Br)c2)N=CC1=O. The number of halogens is 1. The summed E-state index contributed by atoms with van der Waals surface area (Å²) in [5.74, 6) is -1.52. The Morgan fingerprint density at radius 1 is 1.55 bits per heavy atom. The molecule has 1 aliphatic rings. The Morgan fingerprint density at radius 3 is 2.90 bits per heavy atom. The quantitative estimate of drug-likeness (QED) is 0.857. The number of hydrogen-bond donors (Lipinski definition) is 1. The molecule has 1 aliphatic heterocycles. The Morgan fingerprint density at radius 2 is 2.30 bits per heavy atom. The highest BCUT2D eigenvalue weighted by molar-refractivity contribution is 9.10. The maximum Gasteiger partial charge on any atom is 0.319 e. The standard InChI is InChI=1S/C14H15BrN2O3/c1-2-6-14(13(19)20)9-17(16-8-12(14)18)11-5-3-4-10(15)7-11/h3-5,7-8H,2,6,9H2,1H3,(H,19,20). The minimum absolute atomic E-state index is 0.0575. The Bertz CT molecular complexity index is 573. The summed E-state index contributed by atoms with van der Waals surface area (Å²) in [4.78, 5) is 23.6. The van der Waals surface area contributed by atoms with E-state index in [2.05, 4.69) is 21.0 Å². The number of hydrogen-bond acceptors (Lipinski definition) is 4. The van der Waals surface area contributed by atoms with Crippen LogP contribution in [0.3, 0.4) is 0 Å². The molecule has 6 heteroatoms. The molecule has 5 nitrogen and oxygen atoms in total. The van der Waals surface area contributed by atoms with Gasteiger partial charge in [-0.3, -0.25) is 14.6 Å². The molecule has 1 heterocycles. The Hall–Kier alpha value is -1.69. The molecule has 1 aromatic rings. The van der Waals surface area contributed by atoms with Crippen LogP contribution in [0.1, 0.15) is 19.8 Å². The highest BCUT2D eigenvalue weighted by Gasteiger charge is 2.48. The van der Waals surface area contributed by atoms with Crippen LogP contribution in [-0.4, -0.2) is 29.6 Å². The number of Topliss-reactive ketones (excluding diaryl/α,β-unsaturated/α-hetero) is 1. The molecule has 0 aromatic heterocycles. The zero-order valence-electron chi connectivity index (χ0n) is 11.0. The van der Waals surface area contributed by atoms with E-state index in [0.717, 1.165) is 16.4 Å². The number of anilines is 1. The number of carboxylic acid groups (broad SMARTS) is 1. The second-order valence-electron chi connectivity index (χ2n) is 4.78. The summed E-state index contributed by atoms with van der Waals surface area (Å²) >= 11 is 3.37. The lowest BCUT2D eigenvalue weighted by atomic mass is 9.78. The number of aliphatic carboxylic acids is 1. The molecule has 0 saturated heterocycles. The van der Waals surface area contributed by atoms with Gasteiger partial charge in [0.15, 0.2) is 11.2 Å². The van der Waals surface area contributed by atoms with Gasteiger partial charge in [-0.15, -0.1) is 0 Å². The summed E-state index contributed by atoms with van der Waals surface area (Å²) in [7, 11) is 0.